The van der Waals surface area contributed by atoms with Crippen LogP contribution in [-0.2, 0) is 16.6 Å². The van der Waals surface area contributed by atoms with E-state index in [1.807, 2.05) is 0 Å². The van der Waals surface area contributed by atoms with Gasteiger partial charge in [-0.2, -0.15) is 0 Å². The van der Waals surface area contributed by atoms with E-state index < -0.39 is 10.0 Å². The van der Waals surface area contributed by atoms with E-state index in [1.54, 1.807) is 0 Å². The summed E-state index contributed by atoms with van der Waals surface area (Å²) in [6.45, 7) is 0.185. The molecule has 5 heteroatoms. The monoisotopic (exact) mass is 185 g/mol. The minimum absolute atomic E-state index is 0.0288. The quantitative estimate of drug-likeness (QED) is 0.606. The van der Waals surface area contributed by atoms with Gasteiger partial charge in [0.05, 0.1) is 4.90 Å². The lowest BCUT2D eigenvalue weighted by molar-refractivity contribution is 0.466. The number of benzene rings is 1. The third-order valence-electron chi connectivity index (χ3n) is 1.84. The van der Waals surface area contributed by atoms with E-state index in [2.05, 4.69) is 4.72 Å². The Morgan fingerprint density at radius 1 is 1.42 bits per heavy atom. The molecule has 1 aliphatic rings. The van der Waals surface area contributed by atoms with Gasteiger partial charge in [0.25, 0.3) is 0 Å². The SMILES string of the molecule is O=S1(=O)NCc2c(O)cccc21. The highest BCUT2D eigenvalue weighted by molar-refractivity contribution is 7.89. The molecular formula is C7H7NO3S. The first-order valence-corrected chi connectivity index (χ1v) is 4.90. The Hall–Kier alpha value is -1.07. The molecule has 1 aromatic carbocycles. The first-order chi connectivity index (χ1) is 5.61. The van der Waals surface area contributed by atoms with Gasteiger partial charge in [0.15, 0.2) is 0 Å². The standard InChI is InChI=1S/C7H7NO3S/c9-6-2-1-3-7-5(6)4-8-12(7,10)11/h1-3,8-9H,4H2. The minimum Gasteiger partial charge on any atom is -0.508 e. The van der Waals surface area contributed by atoms with Crippen LogP contribution in [0.4, 0.5) is 0 Å². The highest BCUT2D eigenvalue weighted by atomic mass is 32.2. The largest absolute Gasteiger partial charge is 0.508 e. The van der Waals surface area contributed by atoms with Gasteiger partial charge >= 0.3 is 0 Å². The Bertz CT molecular complexity index is 424. The third-order valence-corrected chi connectivity index (χ3v) is 3.32. The van der Waals surface area contributed by atoms with Crippen molar-refractivity contribution in [3.05, 3.63) is 23.8 Å². The molecule has 0 spiro atoms. The number of phenols is 1. The summed E-state index contributed by atoms with van der Waals surface area (Å²) in [6, 6.07) is 4.46. The van der Waals surface area contributed by atoms with E-state index in [9.17, 15) is 13.5 Å². The molecule has 1 aromatic rings. The average Bonchev–Trinajstić information content (AvgIpc) is 2.30. The van der Waals surface area contributed by atoms with Crippen molar-refractivity contribution in [3.63, 3.8) is 0 Å². The number of nitrogens with one attached hydrogen (secondary N) is 1. The molecule has 12 heavy (non-hydrogen) atoms. The van der Waals surface area contributed by atoms with Gasteiger partial charge in [-0.25, -0.2) is 13.1 Å². The molecule has 0 saturated carbocycles. The van der Waals surface area contributed by atoms with Crippen LogP contribution < -0.4 is 4.72 Å². The number of rotatable bonds is 0. The molecule has 0 aromatic heterocycles. The molecule has 0 bridgehead atoms. The zero-order valence-corrected chi connectivity index (χ0v) is 6.93. The molecule has 64 valence electrons. The van der Waals surface area contributed by atoms with Crippen molar-refractivity contribution >= 4 is 10.0 Å². The Labute approximate surface area is 69.9 Å². The van der Waals surface area contributed by atoms with Gasteiger partial charge in [0.1, 0.15) is 5.75 Å². The van der Waals surface area contributed by atoms with Crippen molar-refractivity contribution in [2.75, 3.05) is 0 Å². The first kappa shape index (κ1) is 7.57. The summed E-state index contributed by atoms with van der Waals surface area (Å²) < 4.78 is 24.7. The zero-order chi connectivity index (χ0) is 8.77. The van der Waals surface area contributed by atoms with Crippen molar-refractivity contribution in [2.45, 2.75) is 11.4 Å². The van der Waals surface area contributed by atoms with Crippen LogP contribution in [0.25, 0.3) is 0 Å². The van der Waals surface area contributed by atoms with E-state index in [1.165, 1.54) is 18.2 Å². The summed E-state index contributed by atoms with van der Waals surface area (Å²) in [5.41, 5.74) is 0.456. The van der Waals surface area contributed by atoms with Gasteiger partial charge < -0.3 is 5.11 Å². The molecule has 2 N–H and O–H groups in total. The molecule has 4 nitrogen and oxygen atoms in total. The normalized spacial score (nSPS) is 19.0. The van der Waals surface area contributed by atoms with Crippen molar-refractivity contribution in [1.29, 1.82) is 0 Å². The van der Waals surface area contributed by atoms with Crippen molar-refractivity contribution in [3.8, 4) is 5.75 Å². The highest BCUT2D eigenvalue weighted by Gasteiger charge is 2.27. The minimum atomic E-state index is -3.34. The molecule has 1 aliphatic heterocycles. The molecule has 0 amide bonds. The smallest absolute Gasteiger partial charge is 0.241 e. The maximum absolute atomic E-state index is 11.2. The van der Waals surface area contributed by atoms with Gasteiger partial charge in [-0.15, -0.1) is 0 Å². The van der Waals surface area contributed by atoms with Crippen molar-refractivity contribution in [1.82, 2.24) is 4.72 Å². The average molecular weight is 185 g/mol. The topological polar surface area (TPSA) is 66.4 Å². The van der Waals surface area contributed by atoms with Crippen LogP contribution >= 0.6 is 0 Å². The molecular weight excluding hydrogens is 178 g/mol. The summed E-state index contributed by atoms with van der Waals surface area (Å²) in [7, 11) is -3.34. The number of sulfonamides is 1. The van der Waals surface area contributed by atoms with Gasteiger partial charge in [-0.3, -0.25) is 0 Å². The maximum Gasteiger partial charge on any atom is 0.241 e. The fourth-order valence-corrected chi connectivity index (χ4v) is 2.48. The Kier molecular flexibility index (Phi) is 1.39. The number of aromatic hydroxyl groups is 1. The Morgan fingerprint density at radius 3 is 2.83 bits per heavy atom. The predicted molar refractivity (Wildman–Crippen MR) is 42.1 cm³/mol. The first-order valence-electron chi connectivity index (χ1n) is 3.42. The summed E-state index contributed by atoms with van der Waals surface area (Å²) >= 11 is 0. The Balaban J connectivity index is 2.78. The van der Waals surface area contributed by atoms with Crippen LogP contribution in [0, 0.1) is 0 Å². The summed E-state index contributed by atoms with van der Waals surface area (Å²) in [5.74, 6) is 0.0288. The summed E-state index contributed by atoms with van der Waals surface area (Å²) in [6.07, 6.45) is 0. The van der Waals surface area contributed by atoms with Gasteiger partial charge in [-0.05, 0) is 12.1 Å². The van der Waals surface area contributed by atoms with Crippen molar-refractivity contribution in [2.24, 2.45) is 0 Å². The second kappa shape index (κ2) is 2.21. The molecule has 0 fully saturated rings. The molecule has 0 saturated heterocycles. The molecule has 2 rings (SSSR count). The fourth-order valence-electron chi connectivity index (χ4n) is 1.23. The number of hydrogen-bond acceptors (Lipinski definition) is 3. The zero-order valence-electron chi connectivity index (χ0n) is 6.11. The highest BCUT2D eigenvalue weighted by Crippen LogP contribution is 2.28. The molecule has 0 atom stereocenters. The van der Waals surface area contributed by atoms with Crippen LogP contribution in [0.5, 0.6) is 5.75 Å². The molecule has 0 radical (unpaired) electrons. The van der Waals surface area contributed by atoms with Crippen molar-refractivity contribution < 1.29 is 13.5 Å². The van der Waals surface area contributed by atoms with E-state index in [0.717, 1.165) is 0 Å². The van der Waals surface area contributed by atoms with Crippen LogP contribution in [0.2, 0.25) is 0 Å². The third kappa shape index (κ3) is 0.904. The van der Waals surface area contributed by atoms with E-state index in [-0.39, 0.29) is 17.2 Å². The number of hydrogen-bond donors (Lipinski definition) is 2. The van der Waals surface area contributed by atoms with Gasteiger partial charge in [0.2, 0.25) is 10.0 Å². The number of fused-ring (bicyclic) bond motifs is 1. The molecule has 0 aliphatic carbocycles. The fraction of sp³-hybridized carbons (Fsp3) is 0.143. The van der Waals surface area contributed by atoms with Crippen LogP contribution in [0.1, 0.15) is 5.56 Å². The Morgan fingerprint density at radius 2 is 2.17 bits per heavy atom. The van der Waals surface area contributed by atoms with Crippen LogP contribution in [0.15, 0.2) is 23.1 Å². The maximum atomic E-state index is 11.2. The van der Waals surface area contributed by atoms with E-state index in [4.69, 9.17) is 0 Å². The van der Waals surface area contributed by atoms with E-state index in [0.29, 0.717) is 5.56 Å². The predicted octanol–water partition coefficient (Wildman–Crippen LogP) is 0.184. The second-order valence-corrected chi connectivity index (χ2v) is 4.31. The lowest BCUT2D eigenvalue weighted by Crippen LogP contribution is -2.13. The van der Waals surface area contributed by atoms with Crippen LogP contribution in [0.3, 0.4) is 0 Å². The van der Waals surface area contributed by atoms with E-state index >= 15 is 0 Å². The molecule has 0 unspecified atom stereocenters. The van der Waals surface area contributed by atoms with Crippen LogP contribution in [-0.4, -0.2) is 13.5 Å². The van der Waals surface area contributed by atoms with Gasteiger partial charge in [-0.1, -0.05) is 6.07 Å². The molecule has 1 heterocycles. The summed E-state index contributed by atoms with van der Waals surface area (Å²) in [5, 5.41) is 9.26. The summed E-state index contributed by atoms with van der Waals surface area (Å²) in [4.78, 5) is 0.183. The number of phenolic OH excluding ortho intramolecular Hbond substituents is 1. The lowest BCUT2D eigenvalue weighted by Gasteiger charge is -1.97. The lowest BCUT2D eigenvalue weighted by atomic mass is 10.2. The van der Waals surface area contributed by atoms with Gasteiger partial charge in [0, 0.05) is 12.1 Å². The second-order valence-electron chi connectivity index (χ2n) is 2.58.